The lowest BCUT2D eigenvalue weighted by atomic mass is 10.2. The van der Waals surface area contributed by atoms with Crippen LogP contribution in [0.4, 0.5) is 11.5 Å². The molecule has 6 heteroatoms. The first-order valence-electron chi connectivity index (χ1n) is 10.1. The van der Waals surface area contributed by atoms with Gasteiger partial charge in [-0.1, -0.05) is 26.0 Å². The smallest absolute Gasteiger partial charge is 0.241 e. The van der Waals surface area contributed by atoms with Gasteiger partial charge in [-0.2, -0.15) is 0 Å². The molecule has 1 aromatic heterocycles. The average Bonchev–Trinajstić information content (AvgIpc) is 2.67. The molecule has 0 aliphatic carbocycles. The molecule has 0 saturated carbocycles. The van der Waals surface area contributed by atoms with E-state index >= 15 is 0 Å². The number of aryl methyl sites for hydroxylation is 2. The van der Waals surface area contributed by atoms with E-state index < -0.39 is 0 Å². The summed E-state index contributed by atoms with van der Waals surface area (Å²) in [5, 5.41) is 3.04. The summed E-state index contributed by atoms with van der Waals surface area (Å²) in [6, 6.07) is 9.79. The number of rotatable bonds is 5. The first kappa shape index (κ1) is 20.3. The molecular weight excluding hydrogens is 350 g/mol. The van der Waals surface area contributed by atoms with Gasteiger partial charge in [-0.15, -0.1) is 0 Å². The van der Waals surface area contributed by atoms with E-state index in [1.165, 1.54) is 0 Å². The van der Waals surface area contributed by atoms with Gasteiger partial charge in [-0.3, -0.25) is 9.69 Å². The number of carbonyl (C=O) groups is 1. The van der Waals surface area contributed by atoms with Crippen LogP contribution in [0.2, 0.25) is 0 Å². The Morgan fingerprint density at radius 1 is 1.04 bits per heavy atom. The number of piperazine rings is 1. The van der Waals surface area contributed by atoms with Crippen molar-refractivity contribution in [2.45, 2.75) is 46.6 Å². The van der Waals surface area contributed by atoms with Gasteiger partial charge in [0, 0.05) is 49.5 Å². The molecular formula is C22H31N5O. The number of aromatic nitrogens is 2. The Kier molecular flexibility index (Phi) is 6.29. The van der Waals surface area contributed by atoms with Crippen LogP contribution in [0.15, 0.2) is 30.3 Å². The first-order valence-corrected chi connectivity index (χ1v) is 10.1. The highest BCUT2D eigenvalue weighted by atomic mass is 16.2. The normalized spacial score (nSPS) is 16.3. The number of hydrogen-bond acceptors (Lipinski definition) is 5. The van der Waals surface area contributed by atoms with Gasteiger partial charge in [-0.25, -0.2) is 9.97 Å². The highest BCUT2D eigenvalue weighted by molar-refractivity contribution is 5.94. The predicted octanol–water partition coefficient (Wildman–Crippen LogP) is 3.37. The van der Waals surface area contributed by atoms with Crippen LogP contribution in [0.3, 0.4) is 0 Å². The summed E-state index contributed by atoms with van der Waals surface area (Å²) in [5.41, 5.74) is 3.00. The van der Waals surface area contributed by atoms with Gasteiger partial charge in [0.25, 0.3) is 0 Å². The maximum absolute atomic E-state index is 12.7. The Morgan fingerprint density at radius 3 is 2.39 bits per heavy atom. The van der Waals surface area contributed by atoms with Crippen LogP contribution >= 0.6 is 0 Å². The number of nitrogens with zero attached hydrogens (tertiary/aromatic N) is 4. The van der Waals surface area contributed by atoms with E-state index in [0.29, 0.717) is 5.92 Å². The fraction of sp³-hybridized carbons (Fsp3) is 0.500. The second-order valence-corrected chi connectivity index (χ2v) is 7.94. The minimum absolute atomic E-state index is 0.0408. The molecule has 1 atom stereocenters. The van der Waals surface area contributed by atoms with Gasteiger partial charge in [0.1, 0.15) is 11.6 Å². The summed E-state index contributed by atoms with van der Waals surface area (Å²) in [6.45, 7) is 13.6. The molecule has 1 N–H and O–H groups in total. The monoisotopic (exact) mass is 381 g/mol. The number of benzene rings is 1. The van der Waals surface area contributed by atoms with Crippen LogP contribution in [0.1, 0.15) is 43.8 Å². The van der Waals surface area contributed by atoms with Crippen LogP contribution in [-0.4, -0.2) is 53.0 Å². The van der Waals surface area contributed by atoms with Crippen molar-refractivity contribution in [3.05, 3.63) is 47.4 Å². The molecule has 3 rings (SSSR count). The number of anilines is 2. The average molecular weight is 382 g/mol. The predicted molar refractivity (Wildman–Crippen MR) is 114 cm³/mol. The Bertz CT molecular complexity index is 827. The minimum atomic E-state index is -0.166. The number of carbonyl (C=O) groups excluding carboxylic acids is 1. The molecule has 150 valence electrons. The largest absolute Gasteiger partial charge is 0.354 e. The van der Waals surface area contributed by atoms with Gasteiger partial charge in [-0.05, 0) is 38.5 Å². The molecule has 0 unspecified atom stereocenters. The van der Waals surface area contributed by atoms with Gasteiger partial charge >= 0.3 is 0 Å². The summed E-state index contributed by atoms with van der Waals surface area (Å²) in [6.07, 6.45) is 0. The van der Waals surface area contributed by atoms with E-state index in [1.807, 2.05) is 45.0 Å². The lowest BCUT2D eigenvalue weighted by molar-refractivity contribution is -0.120. The molecule has 2 aromatic rings. The third kappa shape index (κ3) is 4.87. The lowest BCUT2D eigenvalue weighted by Gasteiger charge is -2.38. The van der Waals surface area contributed by atoms with Crippen molar-refractivity contribution >= 4 is 17.4 Å². The molecule has 0 spiro atoms. The first-order chi connectivity index (χ1) is 13.3. The zero-order valence-corrected chi connectivity index (χ0v) is 17.6. The van der Waals surface area contributed by atoms with Crippen molar-refractivity contribution in [2.75, 3.05) is 36.4 Å². The number of hydrogen-bond donors (Lipinski definition) is 1. The Morgan fingerprint density at radius 2 is 1.75 bits per heavy atom. The maximum atomic E-state index is 12.7. The summed E-state index contributed by atoms with van der Waals surface area (Å²) in [4.78, 5) is 26.5. The lowest BCUT2D eigenvalue weighted by Crippen LogP contribution is -2.53. The van der Waals surface area contributed by atoms with E-state index in [1.54, 1.807) is 0 Å². The molecule has 0 bridgehead atoms. The van der Waals surface area contributed by atoms with Crippen LogP contribution in [0.25, 0.3) is 0 Å². The van der Waals surface area contributed by atoms with Gasteiger partial charge in [0.2, 0.25) is 5.91 Å². The molecule has 1 aliphatic heterocycles. The fourth-order valence-electron chi connectivity index (χ4n) is 3.47. The van der Waals surface area contributed by atoms with Crippen molar-refractivity contribution in [1.82, 2.24) is 14.9 Å². The second kappa shape index (κ2) is 8.69. The van der Waals surface area contributed by atoms with Crippen LogP contribution < -0.4 is 10.2 Å². The zero-order valence-electron chi connectivity index (χ0n) is 17.6. The summed E-state index contributed by atoms with van der Waals surface area (Å²) in [7, 11) is 0. The van der Waals surface area contributed by atoms with Gasteiger partial charge in [0.15, 0.2) is 0 Å². The van der Waals surface area contributed by atoms with Crippen molar-refractivity contribution in [2.24, 2.45) is 0 Å². The van der Waals surface area contributed by atoms with Crippen molar-refractivity contribution in [3.8, 4) is 0 Å². The summed E-state index contributed by atoms with van der Waals surface area (Å²) < 4.78 is 0. The second-order valence-electron chi connectivity index (χ2n) is 7.94. The van der Waals surface area contributed by atoms with Crippen molar-refractivity contribution in [1.29, 1.82) is 0 Å². The highest BCUT2D eigenvalue weighted by Gasteiger charge is 2.26. The molecule has 28 heavy (non-hydrogen) atoms. The van der Waals surface area contributed by atoms with Gasteiger partial charge in [0.05, 0.1) is 6.04 Å². The van der Waals surface area contributed by atoms with E-state index in [-0.39, 0.29) is 11.9 Å². The number of amides is 1. The quantitative estimate of drug-likeness (QED) is 0.860. The molecule has 1 amide bonds. The van der Waals surface area contributed by atoms with E-state index in [0.717, 1.165) is 54.8 Å². The molecule has 2 heterocycles. The minimum Gasteiger partial charge on any atom is -0.354 e. The maximum Gasteiger partial charge on any atom is 0.241 e. The fourth-order valence-corrected chi connectivity index (χ4v) is 3.47. The van der Waals surface area contributed by atoms with Crippen molar-refractivity contribution in [3.63, 3.8) is 0 Å². The summed E-state index contributed by atoms with van der Waals surface area (Å²) >= 11 is 0. The molecule has 1 saturated heterocycles. The van der Waals surface area contributed by atoms with Crippen LogP contribution in [0.5, 0.6) is 0 Å². The Balaban J connectivity index is 1.59. The Hall–Kier alpha value is -2.47. The third-order valence-electron chi connectivity index (χ3n) is 5.23. The van der Waals surface area contributed by atoms with E-state index in [4.69, 9.17) is 4.98 Å². The standard InChI is InChI=1S/C22H31N5O/c1-15(2)21-23-17(4)14-20(25-21)27-11-9-26(10-12-27)18(5)22(28)24-19-8-6-7-16(3)13-19/h6-8,13-15,18H,9-12H2,1-5H3,(H,24,28)/t18-/m0/s1. The third-order valence-corrected chi connectivity index (χ3v) is 5.23. The van der Waals surface area contributed by atoms with Gasteiger partial charge < -0.3 is 10.2 Å². The Labute approximate surface area is 168 Å². The van der Waals surface area contributed by atoms with Crippen LogP contribution in [-0.2, 0) is 4.79 Å². The molecule has 1 fully saturated rings. The molecule has 1 aliphatic rings. The van der Waals surface area contributed by atoms with E-state index in [2.05, 4.69) is 40.0 Å². The molecule has 1 aromatic carbocycles. The van der Waals surface area contributed by atoms with Crippen LogP contribution in [0, 0.1) is 13.8 Å². The molecule has 6 nitrogen and oxygen atoms in total. The van der Waals surface area contributed by atoms with Crippen molar-refractivity contribution < 1.29 is 4.79 Å². The topological polar surface area (TPSA) is 61.4 Å². The summed E-state index contributed by atoms with van der Waals surface area (Å²) in [5.74, 6) is 2.24. The highest BCUT2D eigenvalue weighted by Crippen LogP contribution is 2.20. The SMILES string of the molecule is Cc1cccc(NC(=O)[C@H](C)N2CCN(c3cc(C)nc(C(C)C)n3)CC2)c1. The molecule has 0 radical (unpaired) electrons. The van der Waals surface area contributed by atoms with E-state index in [9.17, 15) is 4.79 Å². The number of nitrogens with one attached hydrogen (secondary N) is 1. The zero-order chi connectivity index (χ0) is 20.3.